The zero-order valence-corrected chi connectivity index (χ0v) is 9.18. The average Bonchev–Trinajstić information content (AvgIpc) is 2.69. The van der Waals surface area contributed by atoms with Crippen LogP contribution >= 0.6 is 0 Å². The highest BCUT2D eigenvalue weighted by Gasteiger charge is 2.37. The van der Waals surface area contributed by atoms with Crippen LogP contribution in [0.2, 0.25) is 0 Å². The molecular weight excluding hydrogens is 225 g/mol. The van der Waals surface area contributed by atoms with Crippen LogP contribution in [0.3, 0.4) is 0 Å². The van der Waals surface area contributed by atoms with Crippen LogP contribution in [0, 0.1) is 0 Å². The molecule has 7 heteroatoms. The Bertz CT molecular complexity index is 334. The molecule has 0 atom stereocenters. The van der Waals surface area contributed by atoms with Crippen LogP contribution in [0.1, 0.15) is 36.8 Å². The minimum atomic E-state index is -4.63. The van der Waals surface area contributed by atoms with Crippen molar-refractivity contribution in [3.63, 3.8) is 0 Å². The van der Waals surface area contributed by atoms with Crippen molar-refractivity contribution >= 4 is 5.97 Å². The highest BCUT2D eigenvalue weighted by atomic mass is 19.4. The van der Waals surface area contributed by atoms with Gasteiger partial charge >= 0.3 is 12.1 Å². The van der Waals surface area contributed by atoms with Crippen molar-refractivity contribution in [1.29, 1.82) is 0 Å². The summed E-state index contributed by atoms with van der Waals surface area (Å²) in [4.78, 5) is 11.0. The molecule has 1 aromatic rings. The molecule has 1 N–H and O–H groups in total. The molecule has 0 aliphatic carbocycles. The highest BCUT2D eigenvalue weighted by Crippen LogP contribution is 2.30. The topological polar surface area (TPSA) is 55.0 Å². The van der Waals surface area contributed by atoms with Crippen LogP contribution in [0.25, 0.3) is 0 Å². The van der Waals surface area contributed by atoms with Crippen molar-refractivity contribution in [2.75, 3.05) is 6.61 Å². The number of ether oxygens (including phenoxy) is 1. The zero-order valence-electron chi connectivity index (χ0n) is 9.18. The fraction of sp³-hybridized carbons (Fsp3) is 0.556. The van der Waals surface area contributed by atoms with Gasteiger partial charge in [-0.05, 0) is 6.92 Å². The molecule has 1 heterocycles. The summed E-state index contributed by atoms with van der Waals surface area (Å²) in [5, 5.41) is 4.86. The summed E-state index contributed by atoms with van der Waals surface area (Å²) in [5.41, 5.74) is -1.78. The predicted octanol–water partition coefficient (Wildman–Crippen LogP) is 2.63. The van der Waals surface area contributed by atoms with Gasteiger partial charge < -0.3 is 4.74 Å². The lowest BCUT2D eigenvalue weighted by atomic mass is 10.2. The van der Waals surface area contributed by atoms with Crippen molar-refractivity contribution in [1.82, 2.24) is 10.2 Å². The van der Waals surface area contributed by atoms with E-state index in [0.717, 1.165) is 6.20 Å². The fourth-order valence-electron chi connectivity index (χ4n) is 0.866. The zero-order chi connectivity index (χ0) is 12.8. The maximum Gasteiger partial charge on any atom is 0.433 e. The number of hydrogen-bond donors (Lipinski definition) is 1. The molecule has 16 heavy (non-hydrogen) atoms. The molecule has 1 rings (SSSR count). The number of nitrogens with zero attached hydrogens (tertiary/aromatic N) is 1. The molecule has 0 aliphatic heterocycles. The molecule has 0 amide bonds. The van der Waals surface area contributed by atoms with Gasteiger partial charge in [0.05, 0.1) is 12.8 Å². The van der Waals surface area contributed by atoms with Gasteiger partial charge in [-0.3, -0.25) is 5.10 Å². The summed E-state index contributed by atoms with van der Waals surface area (Å²) < 4.78 is 41.0. The SMILES string of the molecule is CC.CCOC(=O)c1cn[nH]c1C(F)(F)F. The van der Waals surface area contributed by atoms with Gasteiger partial charge in [-0.2, -0.15) is 18.3 Å². The first-order chi connectivity index (χ1) is 7.46. The second-order valence-corrected chi connectivity index (χ2v) is 2.38. The highest BCUT2D eigenvalue weighted by molar-refractivity contribution is 5.90. The van der Waals surface area contributed by atoms with E-state index in [1.165, 1.54) is 6.92 Å². The van der Waals surface area contributed by atoms with Crippen molar-refractivity contribution < 1.29 is 22.7 Å². The minimum absolute atomic E-state index is 0.0152. The number of alkyl halides is 3. The second-order valence-electron chi connectivity index (χ2n) is 2.38. The van der Waals surface area contributed by atoms with Gasteiger partial charge in [-0.25, -0.2) is 4.79 Å². The van der Waals surface area contributed by atoms with Crippen LogP contribution in [-0.4, -0.2) is 22.8 Å². The van der Waals surface area contributed by atoms with Gasteiger partial charge in [0.2, 0.25) is 0 Å². The molecule has 0 bridgehead atoms. The maximum atomic E-state index is 12.2. The summed E-state index contributed by atoms with van der Waals surface area (Å²) >= 11 is 0. The summed E-state index contributed by atoms with van der Waals surface area (Å²) in [5.74, 6) is -1.03. The third kappa shape index (κ3) is 3.56. The van der Waals surface area contributed by atoms with Crippen LogP contribution in [0.4, 0.5) is 13.2 Å². The van der Waals surface area contributed by atoms with E-state index in [9.17, 15) is 18.0 Å². The van der Waals surface area contributed by atoms with Crippen LogP contribution in [-0.2, 0) is 10.9 Å². The van der Waals surface area contributed by atoms with E-state index < -0.39 is 23.4 Å². The number of aromatic amines is 1. The van der Waals surface area contributed by atoms with E-state index >= 15 is 0 Å². The number of carbonyl (C=O) groups is 1. The quantitative estimate of drug-likeness (QED) is 0.806. The number of H-pyrrole nitrogens is 1. The molecule has 92 valence electrons. The molecule has 0 spiro atoms. The molecule has 0 aliphatic rings. The Kier molecular flexibility index (Phi) is 5.55. The molecule has 0 aromatic carbocycles. The van der Waals surface area contributed by atoms with Gasteiger partial charge in [0.15, 0.2) is 5.69 Å². The van der Waals surface area contributed by atoms with Gasteiger partial charge in [-0.15, -0.1) is 0 Å². The number of rotatable bonds is 2. The normalized spacial score (nSPS) is 10.4. The van der Waals surface area contributed by atoms with Gasteiger partial charge in [-0.1, -0.05) is 13.8 Å². The molecule has 0 unspecified atom stereocenters. The Hall–Kier alpha value is -1.53. The summed E-state index contributed by atoms with van der Waals surface area (Å²) in [6.45, 7) is 5.52. The third-order valence-corrected chi connectivity index (χ3v) is 1.42. The Morgan fingerprint density at radius 2 is 2.06 bits per heavy atom. The van der Waals surface area contributed by atoms with E-state index in [4.69, 9.17) is 0 Å². The van der Waals surface area contributed by atoms with Crippen LogP contribution < -0.4 is 0 Å². The van der Waals surface area contributed by atoms with Gasteiger partial charge in [0, 0.05) is 0 Å². The number of aromatic nitrogens is 2. The smallest absolute Gasteiger partial charge is 0.433 e. The fourth-order valence-corrected chi connectivity index (χ4v) is 0.866. The van der Waals surface area contributed by atoms with E-state index in [-0.39, 0.29) is 6.61 Å². The molecule has 0 fully saturated rings. The molecule has 4 nitrogen and oxygen atoms in total. The van der Waals surface area contributed by atoms with E-state index in [0.29, 0.717) is 0 Å². The Morgan fingerprint density at radius 3 is 2.50 bits per heavy atom. The van der Waals surface area contributed by atoms with Gasteiger partial charge in [0.25, 0.3) is 0 Å². The van der Waals surface area contributed by atoms with E-state index in [1.54, 1.807) is 5.10 Å². The maximum absolute atomic E-state index is 12.2. The van der Waals surface area contributed by atoms with Gasteiger partial charge in [0.1, 0.15) is 5.56 Å². The number of esters is 1. The minimum Gasteiger partial charge on any atom is -0.462 e. The third-order valence-electron chi connectivity index (χ3n) is 1.42. The lowest BCUT2D eigenvalue weighted by molar-refractivity contribution is -0.141. The Morgan fingerprint density at radius 1 is 1.50 bits per heavy atom. The van der Waals surface area contributed by atoms with Crippen LogP contribution in [0.15, 0.2) is 6.20 Å². The molecule has 0 saturated carbocycles. The number of hydrogen-bond acceptors (Lipinski definition) is 3. The van der Waals surface area contributed by atoms with Crippen LogP contribution in [0.5, 0.6) is 0 Å². The predicted molar refractivity (Wildman–Crippen MR) is 50.9 cm³/mol. The van der Waals surface area contributed by atoms with Crippen molar-refractivity contribution in [3.05, 3.63) is 17.5 Å². The summed E-state index contributed by atoms with van der Waals surface area (Å²) in [6, 6.07) is 0. The standard InChI is InChI=1S/C7H7F3N2O2.C2H6/c1-2-14-6(13)4-3-11-12-5(4)7(8,9)10;1-2/h3H,2H2,1H3,(H,11,12);1-2H3. The second kappa shape index (κ2) is 6.14. The average molecular weight is 238 g/mol. The summed E-state index contributed by atoms with van der Waals surface area (Å²) in [6.07, 6.45) is -3.83. The first-order valence-corrected chi connectivity index (χ1v) is 4.74. The monoisotopic (exact) mass is 238 g/mol. The van der Waals surface area contributed by atoms with Crippen molar-refractivity contribution in [2.24, 2.45) is 0 Å². The van der Waals surface area contributed by atoms with Crippen molar-refractivity contribution in [3.8, 4) is 0 Å². The lowest BCUT2D eigenvalue weighted by Crippen LogP contribution is -2.14. The van der Waals surface area contributed by atoms with E-state index in [2.05, 4.69) is 9.84 Å². The summed E-state index contributed by atoms with van der Waals surface area (Å²) in [7, 11) is 0. The first-order valence-electron chi connectivity index (χ1n) is 4.74. The van der Waals surface area contributed by atoms with E-state index in [1.807, 2.05) is 13.8 Å². The molecule has 0 radical (unpaired) electrons. The number of halogens is 3. The molecule has 0 saturated heterocycles. The Labute approximate surface area is 90.8 Å². The lowest BCUT2D eigenvalue weighted by Gasteiger charge is -2.05. The molecular formula is C9H13F3N2O2. The number of carbonyl (C=O) groups excluding carboxylic acids is 1. The first kappa shape index (κ1) is 14.5. The number of nitrogens with one attached hydrogen (secondary N) is 1. The largest absolute Gasteiger partial charge is 0.462 e. The van der Waals surface area contributed by atoms with Crippen molar-refractivity contribution in [2.45, 2.75) is 26.9 Å². The molecule has 1 aromatic heterocycles. The Balaban J connectivity index is 0.00000106.